The van der Waals surface area contributed by atoms with Crippen LogP contribution in [0.5, 0.6) is 0 Å². The average Bonchev–Trinajstić information content (AvgIpc) is 2.63. The molecule has 2 N–H and O–H groups in total. The first-order valence-corrected chi connectivity index (χ1v) is 5.82. The summed E-state index contributed by atoms with van der Waals surface area (Å²) in [4.78, 5) is 11.3. The molecule has 0 radical (unpaired) electrons. The summed E-state index contributed by atoms with van der Waals surface area (Å²) in [5, 5.41) is 8.12. The molecule has 0 spiro atoms. The zero-order valence-electron chi connectivity index (χ0n) is 8.03. The molecule has 1 aliphatic carbocycles. The van der Waals surface area contributed by atoms with Crippen molar-refractivity contribution in [3.63, 3.8) is 0 Å². The van der Waals surface area contributed by atoms with Gasteiger partial charge in [0.05, 0.1) is 0 Å². The zero-order chi connectivity index (χ0) is 9.26. The van der Waals surface area contributed by atoms with E-state index in [1.807, 2.05) is 11.7 Å². The first kappa shape index (κ1) is 11.9. The third kappa shape index (κ3) is 2.43. The number of piperidine rings is 1. The van der Waals surface area contributed by atoms with Gasteiger partial charge < -0.3 is 10.6 Å². The third-order valence-corrected chi connectivity index (χ3v) is 3.16. The zero-order valence-corrected chi connectivity index (χ0v) is 9.66. The Morgan fingerprint density at radius 1 is 1.50 bits per heavy atom. The molecular formula is C9H15ClN2OS. The van der Waals surface area contributed by atoms with Crippen LogP contribution in [0.3, 0.4) is 0 Å². The molecule has 1 amide bonds. The standard InChI is InChI=1S/C9H14N2OS.ClH/c1-13-3-2-8(12)11-9-6-4-10-5-7(6)9;/h2-3,6-7,9-10H,4-5H2,1H3,(H,11,12);1H/b3-2+;/t6-,7+,9?;. The van der Waals surface area contributed by atoms with Crippen LogP contribution in [0.1, 0.15) is 0 Å². The van der Waals surface area contributed by atoms with Gasteiger partial charge in [-0.2, -0.15) is 0 Å². The second kappa shape index (κ2) is 5.05. The molecule has 0 aromatic rings. The van der Waals surface area contributed by atoms with E-state index in [2.05, 4.69) is 10.6 Å². The van der Waals surface area contributed by atoms with Gasteiger partial charge in [-0.3, -0.25) is 4.79 Å². The lowest BCUT2D eigenvalue weighted by Gasteiger charge is -2.04. The van der Waals surface area contributed by atoms with Crippen molar-refractivity contribution in [3.05, 3.63) is 11.5 Å². The number of carbonyl (C=O) groups excluding carboxylic acids is 1. The minimum atomic E-state index is 0. The summed E-state index contributed by atoms with van der Waals surface area (Å²) in [7, 11) is 0. The maximum Gasteiger partial charge on any atom is 0.244 e. The predicted molar refractivity (Wildman–Crippen MR) is 61.7 cm³/mol. The number of fused-ring (bicyclic) bond motifs is 1. The van der Waals surface area contributed by atoms with E-state index in [9.17, 15) is 4.79 Å². The first-order valence-electron chi connectivity index (χ1n) is 4.53. The summed E-state index contributed by atoms with van der Waals surface area (Å²) in [5.41, 5.74) is 0. The predicted octanol–water partition coefficient (Wildman–Crippen LogP) is 0.619. The van der Waals surface area contributed by atoms with Crippen molar-refractivity contribution < 1.29 is 4.79 Å². The smallest absolute Gasteiger partial charge is 0.244 e. The highest BCUT2D eigenvalue weighted by Crippen LogP contribution is 2.41. The van der Waals surface area contributed by atoms with Gasteiger partial charge in [0, 0.05) is 25.2 Å². The Kier molecular flexibility index (Phi) is 4.29. The molecule has 1 aliphatic heterocycles. The van der Waals surface area contributed by atoms with Gasteiger partial charge in [-0.15, -0.1) is 24.2 Å². The number of carbonyl (C=O) groups is 1. The minimum Gasteiger partial charge on any atom is -0.349 e. The van der Waals surface area contributed by atoms with Crippen molar-refractivity contribution in [3.8, 4) is 0 Å². The van der Waals surface area contributed by atoms with Gasteiger partial charge in [0.15, 0.2) is 0 Å². The summed E-state index contributed by atoms with van der Waals surface area (Å²) >= 11 is 1.55. The lowest BCUT2D eigenvalue weighted by Crippen LogP contribution is -2.31. The van der Waals surface area contributed by atoms with Crippen molar-refractivity contribution in [2.24, 2.45) is 11.8 Å². The number of rotatable bonds is 3. The van der Waals surface area contributed by atoms with Crippen molar-refractivity contribution in [1.82, 2.24) is 10.6 Å². The normalized spacial score (nSPS) is 33.6. The monoisotopic (exact) mass is 234 g/mol. The molecular weight excluding hydrogens is 220 g/mol. The number of halogens is 1. The second-order valence-electron chi connectivity index (χ2n) is 3.56. The van der Waals surface area contributed by atoms with Gasteiger partial charge in [-0.05, 0) is 23.5 Å². The van der Waals surface area contributed by atoms with E-state index < -0.39 is 0 Å². The fourth-order valence-electron chi connectivity index (χ4n) is 1.97. The highest BCUT2D eigenvalue weighted by molar-refractivity contribution is 8.01. The number of amides is 1. The SMILES string of the molecule is CS/C=C/C(=O)NC1[C@H]2CNC[C@@H]12.Cl. The first-order chi connectivity index (χ1) is 6.33. The Labute approximate surface area is 94.5 Å². The molecule has 80 valence electrons. The number of hydrogen-bond donors (Lipinski definition) is 2. The highest BCUT2D eigenvalue weighted by Gasteiger charge is 2.53. The average molecular weight is 235 g/mol. The van der Waals surface area contributed by atoms with E-state index in [-0.39, 0.29) is 18.3 Å². The lowest BCUT2D eigenvalue weighted by atomic mass is 10.4. The summed E-state index contributed by atoms with van der Waals surface area (Å²) in [6, 6.07) is 0.445. The van der Waals surface area contributed by atoms with Crippen LogP contribution in [0, 0.1) is 11.8 Å². The van der Waals surface area contributed by atoms with Gasteiger partial charge in [0.25, 0.3) is 0 Å². The molecule has 1 heterocycles. The summed E-state index contributed by atoms with van der Waals surface area (Å²) < 4.78 is 0. The van der Waals surface area contributed by atoms with Crippen LogP contribution < -0.4 is 10.6 Å². The second-order valence-corrected chi connectivity index (χ2v) is 4.30. The van der Waals surface area contributed by atoms with Gasteiger partial charge in [-0.1, -0.05) is 0 Å². The quantitative estimate of drug-likeness (QED) is 0.704. The van der Waals surface area contributed by atoms with Crippen LogP contribution in [0.15, 0.2) is 11.5 Å². The topological polar surface area (TPSA) is 41.1 Å². The molecule has 1 saturated carbocycles. The number of nitrogens with one attached hydrogen (secondary N) is 2. The maximum absolute atomic E-state index is 11.3. The van der Waals surface area contributed by atoms with Crippen LogP contribution in [0.25, 0.3) is 0 Å². The Morgan fingerprint density at radius 2 is 2.14 bits per heavy atom. The van der Waals surface area contributed by atoms with E-state index in [0.29, 0.717) is 17.9 Å². The van der Waals surface area contributed by atoms with Crippen LogP contribution in [-0.2, 0) is 4.79 Å². The van der Waals surface area contributed by atoms with Crippen LogP contribution in [0.4, 0.5) is 0 Å². The Balaban J connectivity index is 0.000000980. The molecule has 5 heteroatoms. The molecule has 3 atom stereocenters. The Hall–Kier alpha value is -0.190. The van der Waals surface area contributed by atoms with Crippen molar-refractivity contribution in [2.45, 2.75) is 6.04 Å². The molecule has 3 nitrogen and oxygen atoms in total. The molecule has 2 rings (SSSR count). The molecule has 2 fully saturated rings. The van der Waals surface area contributed by atoms with E-state index in [4.69, 9.17) is 0 Å². The van der Waals surface area contributed by atoms with Crippen molar-refractivity contribution in [1.29, 1.82) is 0 Å². The molecule has 0 aromatic carbocycles. The van der Waals surface area contributed by atoms with Gasteiger partial charge >= 0.3 is 0 Å². The maximum atomic E-state index is 11.3. The summed E-state index contributed by atoms with van der Waals surface area (Å²) in [6.45, 7) is 2.14. The van der Waals surface area contributed by atoms with E-state index >= 15 is 0 Å². The molecule has 2 aliphatic rings. The molecule has 1 saturated heterocycles. The minimum absolute atomic E-state index is 0. The van der Waals surface area contributed by atoms with Crippen molar-refractivity contribution >= 4 is 30.1 Å². The molecule has 1 unspecified atom stereocenters. The lowest BCUT2D eigenvalue weighted by molar-refractivity contribution is -0.116. The molecule has 0 bridgehead atoms. The Morgan fingerprint density at radius 3 is 2.71 bits per heavy atom. The molecule has 14 heavy (non-hydrogen) atoms. The van der Waals surface area contributed by atoms with Gasteiger partial charge in [0.1, 0.15) is 0 Å². The van der Waals surface area contributed by atoms with Gasteiger partial charge in [-0.25, -0.2) is 0 Å². The van der Waals surface area contributed by atoms with Crippen LogP contribution in [-0.4, -0.2) is 31.3 Å². The third-order valence-electron chi connectivity index (χ3n) is 2.76. The Bertz CT molecular complexity index is 237. The fraction of sp³-hybridized carbons (Fsp3) is 0.667. The molecule has 0 aromatic heterocycles. The van der Waals surface area contributed by atoms with E-state index in [0.717, 1.165) is 13.1 Å². The summed E-state index contributed by atoms with van der Waals surface area (Å²) in [6.07, 6.45) is 3.55. The van der Waals surface area contributed by atoms with Crippen molar-refractivity contribution in [2.75, 3.05) is 19.3 Å². The van der Waals surface area contributed by atoms with E-state index in [1.54, 1.807) is 17.8 Å². The largest absolute Gasteiger partial charge is 0.349 e. The van der Waals surface area contributed by atoms with E-state index in [1.165, 1.54) is 0 Å². The fourth-order valence-corrected chi connectivity index (χ4v) is 2.23. The number of thioether (sulfide) groups is 1. The van der Waals surface area contributed by atoms with Crippen LogP contribution in [0.2, 0.25) is 0 Å². The van der Waals surface area contributed by atoms with Crippen LogP contribution >= 0.6 is 24.2 Å². The number of hydrogen-bond acceptors (Lipinski definition) is 3. The summed E-state index contributed by atoms with van der Waals surface area (Å²) in [5.74, 6) is 1.45. The van der Waals surface area contributed by atoms with Gasteiger partial charge in [0.2, 0.25) is 5.91 Å². The highest BCUT2D eigenvalue weighted by atomic mass is 35.5.